The highest BCUT2D eigenvalue weighted by Gasteiger charge is 2.52. The summed E-state index contributed by atoms with van der Waals surface area (Å²) >= 11 is 0. The topological polar surface area (TPSA) is 64.2 Å². The average molecular weight is 433 g/mol. The smallest absolute Gasteiger partial charge is 0.236 e. The van der Waals surface area contributed by atoms with Gasteiger partial charge < -0.3 is 9.80 Å². The molecule has 3 amide bonds. The fraction of sp³-hybridized carbons (Fsp3) is 0.400. The summed E-state index contributed by atoms with van der Waals surface area (Å²) in [7, 11) is 0. The number of amides is 3. The first-order valence-electron chi connectivity index (χ1n) is 11.3. The van der Waals surface area contributed by atoms with Crippen LogP contribution in [-0.2, 0) is 20.9 Å². The molecule has 0 saturated carbocycles. The third-order valence-corrected chi connectivity index (χ3v) is 6.86. The SMILES string of the molecule is O=C(CN1CC2C(=O)N(Cc3ccccc3)C(=O)C2C1)N1CCN(c2ccccc2)CC1. The van der Waals surface area contributed by atoms with Gasteiger partial charge in [-0.2, -0.15) is 0 Å². The number of rotatable bonds is 5. The van der Waals surface area contributed by atoms with Crippen molar-refractivity contribution in [1.82, 2.24) is 14.7 Å². The lowest BCUT2D eigenvalue weighted by atomic mass is 10.00. The van der Waals surface area contributed by atoms with E-state index in [0.29, 0.717) is 32.7 Å². The highest BCUT2D eigenvalue weighted by Crippen LogP contribution is 2.34. The molecule has 0 bridgehead atoms. The number of para-hydroxylation sites is 1. The molecule has 2 aromatic rings. The van der Waals surface area contributed by atoms with Gasteiger partial charge in [0.25, 0.3) is 0 Å². The summed E-state index contributed by atoms with van der Waals surface area (Å²) in [5, 5.41) is 0. The summed E-state index contributed by atoms with van der Waals surface area (Å²) in [5.74, 6) is -0.771. The van der Waals surface area contributed by atoms with Gasteiger partial charge in [0, 0.05) is 45.0 Å². The van der Waals surface area contributed by atoms with Gasteiger partial charge in [-0.3, -0.25) is 24.2 Å². The summed E-state index contributed by atoms with van der Waals surface area (Å²) in [6.07, 6.45) is 0. The minimum absolute atomic E-state index is 0.0822. The van der Waals surface area contributed by atoms with Crippen LogP contribution in [0.2, 0.25) is 0 Å². The quantitative estimate of drug-likeness (QED) is 0.670. The number of piperazine rings is 1. The van der Waals surface area contributed by atoms with Crippen LogP contribution in [0.1, 0.15) is 5.56 Å². The molecule has 32 heavy (non-hydrogen) atoms. The van der Waals surface area contributed by atoms with Crippen LogP contribution in [0.3, 0.4) is 0 Å². The molecule has 2 atom stereocenters. The maximum atomic E-state index is 12.9. The van der Waals surface area contributed by atoms with E-state index >= 15 is 0 Å². The first-order valence-corrected chi connectivity index (χ1v) is 11.3. The van der Waals surface area contributed by atoms with Gasteiger partial charge in [-0.05, 0) is 17.7 Å². The van der Waals surface area contributed by atoms with Crippen molar-refractivity contribution in [2.45, 2.75) is 6.54 Å². The van der Waals surface area contributed by atoms with Crippen LogP contribution in [0.4, 0.5) is 5.69 Å². The Morgan fingerprint density at radius 1 is 0.781 bits per heavy atom. The fourth-order valence-corrected chi connectivity index (χ4v) is 5.09. The largest absolute Gasteiger partial charge is 0.368 e. The molecule has 0 aliphatic carbocycles. The first kappa shape index (κ1) is 20.7. The molecule has 0 radical (unpaired) electrons. The van der Waals surface area contributed by atoms with Gasteiger partial charge >= 0.3 is 0 Å². The lowest BCUT2D eigenvalue weighted by Crippen LogP contribution is -2.51. The Morgan fingerprint density at radius 3 is 1.94 bits per heavy atom. The van der Waals surface area contributed by atoms with Crippen molar-refractivity contribution in [3.63, 3.8) is 0 Å². The molecule has 0 N–H and O–H groups in total. The molecule has 2 unspecified atom stereocenters. The molecule has 3 aliphatic rings. The van der Waals surface area contributed by atoms with Gasteiger partial charge in [-0.25, -0.2) is 0 Å². The van der Waals surface area contributed by atoms with Crippen LogP contribution in [0.15, 0.2) is 60.7 Å². The zero-order chi connectivity index (χ0) is 22.1. The molecule has 166 valence electrons. The van der Waals surface area contributed by atoms with Crippen molar-refractivity contribution in [3.05, 3.63) is 66.2 Å². The number of fused-ring (bicyclic) bond motifs is 1. The van der Waals surface area contributed by atoms with Crippen molar-refractivity contribution >= 4 is 23.4 Å². The number of anilines is 1. The highest BCUT2D eigenvalue weighted by molar-refractivity contribution is 6.05. The summed E-state index contributed by atoms with van der Waals surface area (Å²) in [4.78, 5) is 46.2. The number of hydrogen-bond acceptors (Lipinski definition) is 5. The number of imide groups is 1. The van der Waals surface area contributed by atoms with Gasteiger partial charge in [0.1, 0.15) is 0 Å². The summed E-state index contributed by atoms with van der Waals surface area (Å²) in [5.41, 5.74) is 2.14. The first-order chi connectivity index (χ1) is 15.6. The van der Waals surface area contributed by atoms with E-state index in [9.17, 15) is 14.4 Å². The third-order valence-electron chi connectivity index (χ3n) is 6.86. The Bertz CT molecular complexity index is 965. The standard InChI is InChI=1S/C25H28N4O3/c30-23(28-13-11-27(12-14-28)20-9-5-2-6-10-20)18-26-16-21-22(17-26)25(32)29(24(21)31)15-19-7-3-1-4-8-19/h1-10,21-22H,11-18H2. The number of nitrogens with zero attached hydrogens (tertiary/aromatic N) is 4. The van der Waals surface area contributed by atoms with E-state index in [1.807, 2.05) is 58.3 Å². The van der Waals surface area contributed by atoms with E-state index in [4.69, 9.17) is 0 Å². The van der Waals surface area contributed by atoms with E-state index in [1.54, 1.807) is 0 Å². The predicted molar refractivity (Wildman–Crippen MR) is 121 cm³/mol. The van der Waals surface area contributed by atoms with Gasteiger partial charge in [0.15, 0.2) is 0 Å². The molecular weight excluding hydrogens is 404 g/mol. The maximum absolute atomic E-state index is 12.9. The van der Waals surface area contributed by atoms with Crippen LogP contribution >= 0.6 is 0 Å². The zero-order valence-corrected chi connectivity index (χ0v) is 18.1. The number of carbonyl (C=O) groups excluding carboxylic acids is 3. The average Bonchev–Trinajstić information content (AvgIpc) is 3.34. The summed E-state index contributed by atoms with van der Waals surface area (Å²) in [6.45, 7) is 4.58. The molecule has 3 heterocycles. The van der Waals surface area contributed by atoms with Gasteiger partial charge in [0.05, 0.1) is 24.9 Å². The van der Waals surface area contributed by atoms with Crippen LogP contribution < -0.4 is 4.90 Å². The summed E-state index contributed by atoms with van der Waals surface area (Å²) in [6, 6.07) is 19.8. The fourth-order valence-electron chi connectivity index (χ4n) is 5.09. The number of hydrogen-bond donors (Lipinski definition) is 0. The second kappa shape index (κ2) is 8.74. The van der Waals surface area contributed by atoms with Gasteiger partial charge in [-0.1, -0.05) is 48.5 Å². The van der Waals surface area contributed by atoms with Crippen molar-refractivity contribution in [2.75, 3.05) is 50.7 Å². The molecule has 0 spiro atoms. The Hall–Kier alpha value is -3.19. The Balaban J connectivity index is 1.13. The lowest BCUT2D eigenvalue weighted by molar-refractivity contribution is -0.142. The van der Waals surface area contributed by atoms with E-state index in [2.05, 4.69) is 17.0 Å². The number of likely N-dealkylation sites (tertiary alicyclic amines) is 2. The van der Waals surface area contributed by atoms with E-state index in [0.717, 1.165) is 18.7 Å². The van der Waals surface area contributed by atoms with Crippen molar-refractivity contribution in [3.8, 4) is 0 Å². The molecule has 2 aromatic carbocycles. The van der Waals surface area contributed by atoms with Crippen molar-refractivity contribution in [2.24, 2.45) is 11.8 Å². The molecule has 0 aromatic heterocycles. The Labute approximate surface area is 188 Å². The molecule has 5 rings (SSSR count). The number of benzene rings is 2. The third kappa shape index (κ3) is 4.00. The van der Waals surface area contributed by atoms with Crippen molar-refractivity contribution in [1.29, 1.82) is 0 Å². The minimum Gasteiger partial charge on any atom is -0.368 e. The molecule has 7 heteroatoms. The Kier molecular flexibility index (Phi) is 5.66. The summed E-state index contributed by atoms with van der Waals surface area (Å²) < 4.78 is 0. The Morgan fingerprint density at radius 2 is 1.34 bits per heavy atom. The predicted octanol–water partition coefficient (Wildman–Crippen LogP) is 1.45. The van der Waals surface area contributed by atoms with Gasteiger partial charge in [0.2, 0.25) is 17.7 Å². The minimum atomic E-state index is -0.325. The van der Waals surface area contributed by atoms with E-state index in [1.165, 1.54) is 10.6 Å². The van der Waals surface area contributed by atoms with Crippen LogP contribution in [0.5, 0.6) is 0 Å². The highest BCUT2D eigenvalue weighted by atomic mass is 16.2. The monoisotopic (exact) mass is 432 g/mol. The van der Waals surface area contributed by atoms with Gasteiger partial charge in [-0.15, -0.1) is 0 Å². The normalized spacial score (nSPS) is 23.7. The lowest BCUT2D eigenvalue weighted by Gasteiger charge is -2.36. The molecule has 3 saturated heterocycles. The van der Waals surface area contributed by atoms with Crippen LogP contribution in [0.25, 0.3) is 0 Å². The van der Waals surface area contributed by atoms with Crippen LogP contribution in [-0.4, -0.2) is 78.2 Å². The van der Waals surface area contributed by atoms with E-state index in [-0.39, 0.29) is 36.1 Å². The second-order valence-electron chi connectivity index (χ2n) is 8.86. The molecular formula is C25H28N4O3. The number of carbonyl (C=O) groups is 3. The van der Waals surface area contributed by atoms with Crippen molar-refractivity contribution < 1.29 is 14.4 Å². The zero-order valence-electron chi connectivity index (χ0n) is 18.1. The molecule has 7 nitrogen and oxygen atoms in total. The molecule has 3 aliphatic heterocycles. The van der Waals surface area contributed by atoms with Crippen LogP contribution in [0, 0.1) is 11.8 Å². The van der Waals surface area contributed by atoms with E-state index < -0.39 is 0 Å². The maximum Gasteiger partial charge on any atom is 0.236 e. The molecule has 3 fully saturated rings. The second-order valence-corrected chi connectivity index (χ2v) is 8.86.